The van der Waals surface area contributed by atoms with Gasteiger partial charge in [0.25, 0.3) is 5.91 Å². The minimum absolute atomic E-state index is 0.0712. The molecule has 0 aliphatic heterocycles. The quantitative estimate of drug-likeness (QED) is 0.823. The SMILES string of the molecule is CCc1oc(C(=O)NCC(CC(C)O)c2ccccc2)cc1C. The molecule has 4 heteroatoms. The molecule has 23 heavy (non-hydrogen) atoms. The van der Waals surface area contributed by atoms with Crippen molar-refractivity contribution in [3.05, 3.63) is 59.0 Å². The van der Waals surface area contributed by atoms with Gasteiger partial charge >= 0.3 is 0 Å². The summed E-state index contributed by atoms with van der Waals surface area (Å²) in [5.74, 6) is 1.06. The predicted octanol–water partition coefficient (Wildman–Crippen LogP) is 3.43. The number of hydrogen-bond donors (Lipinski definition) is 2. The number of aryl methyl sites for hydroxylation is 2. The van der Waals surface area contributed by atoms with Crippen molar-refractivity contribution in [2.75, 3.05) is 6.54 Å². The summed E-state index contributed by atoms with van der Waals surface area (Å²) in [6.45, 7) is 6.18. The fraction of sp³-hybridized carbons (Fsp3) is 0.421. The van der Waals surface area contributed by atoms with Gasteiger partial charge in [0.15, 0.2) is 5.76 Å². The van der Waals surface area contributed by atoms with E-state index in [9.17, 15) is 9.90 Å². The third-order valence-electron chi connectivity index (χ3n) is 3.97. The second kappa shape index (κ2) is 7.97. The van der Waals surface area contributed by atoms with Gasteiger partial charge in [-0.15, -0.1) is 0 Å². The fourth-order valence-corrected chi connectivity index (χ4v) is 2.76. The van der Waals surface area contributed by atoms with E-state index in [1.54, 1.807) is 13.0 Å². The predicted molar refractivity (Wildman–Crippen MR) is 90.6 cm³/mol. The fourth-order valence-electron chi connectivity index (χ4n) is 2.76. The van der Waals surface area contributed by atoms with Crippen molar-refractivity contribution in [1.29, 1.82) is 0 Å². The van der Waals surface area contributed by atoms with Gasteiger partial charge < -0.3 is 14.8 Å². The number of rotatable bonds is 7. The number of benzene rings is 1. The Morgan fingerprint density at radius 3 is 2.57 bits per heavy atom. The van der Waals surface area contributed by atoms with Gasteiger partial charge in [0.2, 0.25) is 0 Å². The topological polar surface area (TPSA) is 62.5 Å². The molecule has 2 N–H and O–H groups in total. The van der Waals surface area contributed by atoms with Crippen molar-refractivity contribution < 1.29 is 14.3 Å². The van der Waals surface area contributed by atoms with Crippen molar-refractivity contribution >= 4 is 5.91 Å². The number of aliphatic hydroxyl groups is 1. The Balaban J connectivity index is 2.04. The molecule has 2 aromatic rings. The lowest BCUT2D eigenvalue weighted by Crippen LogP contribution is -2.29. The van der Waals surface area contributed by atoms with Crippen LogP contribution in [0.5, 0.6) is 0 Å². The Kier molecular flexibility index (Phi) is 5.99. The minimum Gasteiger partial charge on any atom is -0.456 e. The summed E-state index contributed by atoms with van der Waals surface area (Å²) in [4.78, 5) is 12.3. The Morgan fingerprint density at radius 1 is 1.30 bits per heavy atom. The molecule has 1 heterocycles. The lowest BCUT2D eigenvalue weighted by Gasteiger charge is -2.19. The molecule has 0 spiro atoms. The van der Waals surface area contributed by atoms with Gasteiger partial charge in [0, 0.05) is 18.9 Å². The van der Waals surface area contributed by atoms with E-state index in [0.29, 0.717) is 18.7 Å². The van der Waals surface area contributed by atoms with Crippen LogP contribution in [0.15, 0.2) is 40.8 Å². The molecule has 0 radical (unpaired) electrons. The lowest BCUT2D eigenvalue weighted by atomic mass is 9.93. The normalized spacial score (nSPS) is 13.6. The highest BCUT2D eigenvalue weighted by Gasteiger charge is 2.18. The number of amides is 1. The highest BCUT2D eigenvalue weighted by Crippen LogP contribution is 2.21. The molecule has 1 amide bonds. The van der Waals surface area contributed by atoms with Crippen LogP contribution in [-0.2, 0) is 6.42 Å². The average Bonchev–Trinajstić information content (AvgIpc) is 2.92. The third-order valence-corrected chi connectivity index (χ3v) is 3.97. The molecular weight excluding hydrogens is 290 g/mol. The van der Waals surface area contributed by atoms with Crippen LogP contribution < -0.4 is 5.32 Å². The first-order valence-corrected chi connectivity index (χ1v) is 8.11. The summed E-state index contributed by atoms with van der Waals surface area (Å²) in [6, 6.07) is 11.7. The molecule has 1 aromatic carbocycles. The van der Waals surface area contributed by atoms with Gasteiger partial charge in [-0.1, -0.05) is 37.3 Å². The van der Waals surface area contributed by atoms with E-state index in [1.807, 2.05) is 44.2 Å². The van der Waals surface area contributed by atoms with Crippen molar-refractivity contribution in [1.82, 2.24) is 5.32 Å². The summed E-state index contributed by atoms with van der Waals surface area (Å²) in [5.41, 5.74) is 2.11. The number of aliphatic hydroxyl groups excluding tert-OH is 1. The highest BCUT2D eigenvalue weighted by atomic mass is 16.4. The molecular formula is C19H25NO3. The van der Waals surface area contributed by atoms with Crippen LogP contribution >= 0.6 is 0 Å². The standard InChI is InChI=1S/C19H25NO3/c1-4-17-13(2)10-18(23-17)19(22)20-12-16(11-14(3)21)15-8-6-5-7-9-15/h5-10,14,16,21H,4,11-12H2,1-3H3,(H,20,22). The molecule has 0 saturated heterocycles. The number of carbonyl (C=O) groups excluding carboxylic acids is 1. The van der Waals surface area contributed by atoms with Gasteiger partial charge in [-0.05, 0) is 37.5 Å². The second-order valence-electron chi connectivity index (χ2n) is 5.97. The van der Waals surface area contributed by atoms with Crippen LogP contribution in [0, 0.1) is 6.92 Å². The van der Waals surface area contributed by atoms with E-state index >= 15 is 0 Å². The average molecular weight is 315 g/mol. The molecule has 124 valence electrons. The van der Waals surface area contributed by atoms with Gasteiger partial charge in [0.1, 0.15) is 5.76 Å². The summed E-state index contributed by atoms with van der Waals surface area (Å²) >= 11 is 0. The lowest BCUT2D eigenvalue weighted by molar-refractivity contribution is 0.0916. The number of nitrogens with one attached hydrogen (secondary N) is 1. The largest absolute Gasteiger partial charge is 0.456 e. The first kappa shape index (κ1) is 17.3. The second-order valence-corrected chi connectivity index (χ2v) is 5.97. The molecule has 0 bridgehead atoms. The highest BCUT2D eigenvalue weighted by molar-refractivity contribution is 5.91. The van der Waals surface area contributed by atoms with E-state index < -0.39 is 6.10 Å². The van der Waals surface area contributed by atoms with Gasteiger partial charge in [-0.3, -0.25) is 4.79 Å². The Hall–Kier alpha value is -2.07. The summed E-state index contributed by atoms with van der Waals surface area (Å²) in [7, 11) is 0. The van der Waals surface area contributed by atoms with Crippen LogP contribution in [0.25, 0.3) is 0 Å². The van der Waals surface area contributed by atoms with Crippen molar-refractivity contribution in [2.45, 2.75) is 45.6 Å². The first-order valence-electron chi connectivity index (χ1n) is 8.11. The van der Waals surface area contributed by atoms with E-state index in [0.717, 1.165) is 23.3 Å². The van der Waals surface area contributed by atoms with Crippen LogP contribution in [0.2, 0.25) is 0 Å². The van der Waals surface area contributed by atoms with Crippen molar-refractivity contribution in [2.24, 2.45) is 0 Å². The number of carbonyl (C=O) groups is 1. The molecule has 2 atom stereocenters. The zero-order valence-corrected chi connectivity index (χ0v) is 14.0. The Bertz CT molecular complexity index is 631. The van der Waals surface area contributed by atoms with Gasteiger partial charge in [-0.2, -0.15) is 0 Å². The van der Waals surface area contributed by atoms with Crippen LogP contribution in [0.4, 0.5) is 0 Å². The molecule has 2 unspecified atom stereocenters. The monoisotopic (exact) mass is 315 g/mol. The maximum absolute atomic E-state index is 12.3. The van der Waals surface area contributed by atoms with Crippen molar-refractivity contribution in [3.63, 3.8) is 0 Å². The van der Waals surface area contributed by atoms with E-state index in [2.05, 4.69) is 5.32 Å². The molecule has 4 nitrogen and oxygen atoms in total. The molecule has 0 aliphatic rings. The van der Waals surface area contributed by atoms with Crippen LogP contribution in [-0.4, -0.2) is 23.7 Å². The minimum atomic E-state index is -0.422. The third kappa shape index (κ3) is 4.70. The maximum atomic E-state index is 12.3. The summed E-state index contributed by atoms with van der Waals surface area (Å²) in [5, 5.41) is 12.6. The summed E-state index contributed by atoms with van der Waals surface area (Å²) in [6.07, 6.45) is 0.949. The molecule has 2 rings (SSSR count). The van der Waals surface area contributed by atoms with Crippen LogP contribution in [0.3, 0.4) is 0 Å². The van der Waals surface area contributed by atoms with E-state index in [-0.39, 0.29) is 11.8 Å². The molecule has 0 aliphatic carbocycles. The van der Waals surface area contributed by atoms with E-state index in [4.69, 9.17) is 4.42 Å². The Labute approximate surface area is 137 Å². The molecule has 0 fully saturated rings. The molecule has 1 aromatic heterocycles. The van der Waals surface area contributed by atoms with Gasteiger partial charge in [-0.25, -0.2) is 0 Å². The number of furan rings is 1. The smallest absolute Gasteiger partial charge is 0.287 e. The number of hydrogen-bond acceptors (Lipinski definition) is 3. The van der Waals surface area contributed by atoms with Crippen LogP contribution in [0.1, 0.15) is 53.6 Å². The zero-order valence-electron chi connectivity index (χ0n) is 14.0. The first-order chi connectivity index (χ1) is 11.0. The maximum Gasteiger partial charge on any atom is 0.287 e. The summed E-state index contributed by atoms with van der Waals surface area (Å²) < 4.78 is 5.58. The molecule has 0 saturated carbocycles. The Morgan fingerprint density at radius 2 is 2.00 bits per heavy atom. The van der Waals surface area contributed by atoms with E-state index in [1.165, 1.54) is 0 Å². The zero-order chi connectivity index (χ0) is 16.8. The van der Waals surface area contributed by atoms with Crippen molar-refractivity contribution in [3.8, 4) is 0 Å². The van der Waals surface area contributed by atoms with Gasteiger partial charge in [0.05, 0.1) is 6.10 Å².